The second-order valence-corrected chi connectivity index (χ2v) is 9.17. The van der Waals surface area contributed by atoms with Crippen molar-refractivity contribution in [2.24, 2.45) is 0 Å². The molecule has 0 atom stereocenters. The first-order valence-electron chi connectivity index (χ1n) is 12.2. The highest BCUT2D eigenvalue weighted by atomic mass is 19.4. The van der Waals surface area contributed by atoms with Crippen LogP contribution in [0.5, 0.6) is 0 Å². The number of aromatic amines is 1. The zero-order chi connectivity index (χ0) is 27.3. The number of nitrogens with one attached hydrogen (secondary N) is 3. The second-order valence-electron chi connectivity index (χ2n) is 9.17. The molecule has 1 fully saturated rings. The number of halogens is 4. The average molecular weight is 531 g/mol. The van der Waals surface area contributed by atoms with E-state index < -0.39 is 18.3 Å². The molecule has 3 N–H and O–H groups in total. The van der Waals surface area contributed by atoms with Crippen LogP contribution in [0.1, 0.15) is 58.5 Å². The Kier molecular flexibility index (Phi) is 8.23. The molecule has 11 heteroatoms. The summed E-state index contributed by atoms with van der Waals surface area (Å²) in [7, 11) is 0. The van der Waals surface area contributed by atoms with Crippen molar-refractivity contribution in [1.29, 1.82) is 0 Å². The van der Waals surface area contributed by atoms with Crippen LogP contribution >= 0.6 is 0 Å². The summed E-state index contributed by atoms with van der Waals surface area (Å²) in [6, 6.07) is 10.1. The zero-order valence-corrected chi connectivity index (χ0v) is 20.3. The predicted octanol–water partition coefficient (Wildman–Crippen LogP) is 4.98. The fourth-order valence-electron chi connectivity index (χ4n) is 4.57. The molecule has 200 valence electrons. The van der Waals surface area contributed by atoms with Gasteiger partial charge in [-0.1, -0.05) is 19.3 Å². The summed E-state index contributed by atoms with van der Waals surface area (Å²) >= 11 is 0. The van der Waals surface area contributed by atoms with Crippen molar-refractivity contribution in [2.75, 3.05) is 6.54 Å². The molecule has 1 saturated carbocycles. The number of rotatable bonds is 4. The van der Waals surface area contributed by atoms with Gasteiger partial charge in [-0.05, 0) is 49.2 Å². The van der Waals surface area contributed by atoms with Gasteiger partial charge in [-0.25, -0.2) is 4.39 Å². The molecule has 0 spiro atoms. The van der Waals surface area contributed by atoms with Crippen molar-refractivity contribution in [3.8, 4) is 22.5 Å². The lowest BCUT2D eigenvalue weighted by Crippen LogP contribution is -2.36. The van der Waals surface area contributed by atoms with Crippen molar-refractivity contribution in [1.82, 2.24) is 20.6 Å². The number of H-pyrrole nitrogens is 1. The number of aromatic nitrogens is 2. The summed E-state index contributed by atoms with van der Waals surface area (Å²) < 4.78 is 46.2. The standard InChI is InChI=1S/C25H25FN4O2.C2HF3O/c26-20-12-16(24(31)29-17-4-2-1-3-5-17)6-7-18(20)23-13-15(8-10-27-23)22-14-19-21(30-22)9-11-28-25(19)32;3-2(4,5)1-6/h6-8,10,12-14,17,30H,1-5,9,11H2,(H,28,32)(H,29,31);1H. The van der Waals surface area contributed by atoms with E-state index in [9.17, 15) is 27.2 Å². The van der Waals surface area contributed by atoms with Crippen LogP contribution in [-0.2, 0) is 11.2 Å². The molecule has 0 saturated heterocycles. The number of fused-ring (bicyclic) bond motifs is 1. The SMILES string of the molecule is O=C(NC1CCCCC1)c1ccc(-c2cc(-c3cc4c([nH]3)CCNC4=O)ccn2)c(F)c1.O=CC(F)(F)F. The highest BCUT2D eigenvalue weighted by Gasteiger charge is 2.25. The maximum Gasteiger partial charge on any atom is 0.446 e. The van der Waals surface area contributed by atoms with Gasteiger partial charge in [0.25, 0.3) is 11.8 Å². The van der Waals surface area contributed by atoms with E-state index in [2.05, 4.69) is 20.6 Å². The molecule has 3 heterocycles. The first-order chi connectivity index (χ1) is 18.1. The zero-order valence-electron chi connectivity index (χ0n) is 20.3. The lowest BCUT2D eigenvalue weighted by molar-refractivity contribution is -0.156. The molecule has 7 nitrogen and oxygen atoms in total. The minimum atomic E-state index is -4.64. The largest absolute Gasteiger partial charge is 0.446 e. The average Bonchev–Trinajstić information content (AvgIpc) is 3.35. The van der Waals surface area contributed by atoms with E-state index in [1.807, 2.05) is 12.1 Å². The first kappa shape index (κ1) is 27.0. The molecule has 0 bridgehead atoms. The van der Waals surface area contributed by atoms with Gasteiger partial charge in [0.15, 0.2) is 0 Å². The van der Waals surface area contributed by atoms with Crippen LogP contribution in [0.2, 0.25) is 0 Å². The number of carbonyl (C=O) groups is 3. The number of aldehydes is 1. The maximum atomic E-state index is 15.0. The molecule has 1 aliphatic heterocycles. The molecule has 5 rings (SSSR count). The van der Waals surface area contributed by atoms with Crippen LogP contribution in [-0.4, -0.2) is 46.8 Å². The van der Waals surface area contributed by atoms with Gasteiger partial charge in [0.1, 0.15) is 5.82 Å². The van der Waals surface area contributed by atoms with E-state index in [4.69, 9.17) is 4.79 Å². The van der Waals surface area contributed by atoms with Crippen LogP contribution in [0.4, 0.5) is 17.6 Å². The minimum absolute atomic E-state index is 0.0869. The van der Waals surface area contributed by atoms with Crippen LogP contribution in [0.25, 0.3) is 22.5 Å². The molecular formula is C27H26F4N4O3. The summed E-state index contributed by atoms with van der Waals surface area (Å²) in [5, 5.41) is 5.86. The topological polar surface area (TPSA) is 104 Å². The third kappa shape index (κ3) is 6.64. The number of hydrogen-bond acceptors (Lipinski definition) is 4. The van der Waals surface area contributed by atoms with Gasteiger partial charge >= 0.3 is 6.18 Å². The summed E-state index contributed by atoms with van der Waals surface area (Å²) in [6.07, 6.45) is 2.07. The molecule has 3 aromatic rings. The fraction of sp³-hybridized carbons (Fsp3) is 0.333. The van der Waals surface area contributed by atoms with Gasteiger partial charge < -0.3 is 15.6 Å². The van der Waals surface area contributed by atoms with Gasteiger partial charge in [-0.2, -0.15) is 13.2 Å². The molecule has 2 amide bonds. The molecule has 38 heavy (non-hydrogen) atoms. The van der Waals surface area contributed by atoms with Crippen LogP contribution < -0.4 is 10.6 Å². The van der Waals surface area contributed by atoms with Crippen LogP contribution in [0.15, 0.2) is 42.6 Å². The number of nitrogens with zero attached hydrogens (tertiary/aromatic N) is 1. The van der Waals surface area contributed by atoms with Crippen molar-refractivity contribution in [2.45, 2.75) is 50.7 Å². The van der Waals surface area contributed by atoms with E-state index in [0.717, 1.165) is 49.1 Å². The third-order valence-corrected chi connectivity index (χ3v) is 6.46. The fourth-order valence-corrected chi connectivity index (χ4v) is 4.57. The molecular weight excluding hydrogens is 504 g/mol. The highest BCUT2D eigenvalue weighted by molar-refractivity contribution is 5.98. The van der Waals surface area contributed by atoms with Gasteiger partial charge in [0.2, 0.25) is 6.29 Å². The Morgan fingerprint density at radius 2 is 1.79 bits per heavy atom. The maximum absolute atomic E-state index is 15.0. The van der Waals surface area contributed by atoms with E-state index in [1.54, 1.807) is 24.4 Å². The van der Waals surface area contributed by atoms with E-state index in [0.29, 0.717) is 28.9 Å². The molecule has 2 aliphatic rings. The number of pyridine rings is 1. The smallest absolute Gasteiger partial charge is 0.358 e. The Hall–Kier alpha value is -4.02. The summed E-state index contributed by atoms with van der Waals surface area (Å²) in [6.45, 7) is 0.610. The summed E-state index contributed by atoms with van der Waals surface area (Å²) in [4.78, 5) is 40.9. The normalized spacial score (nSPS) is 15.5. The van der Waals surface area contributed by atoms with E-state index in [-0.39, 0.29) is 17.9 Å². The monoisotopic (exact) mass is 530 g/mol. The number of benzene rings is 1. The molecule has 0 radical (unpaired) electrons. The van der Waals surface area contributed by atoms with Crippen LogP contribution in [0, 0.1) is 5.82 Å². The van der Waals surface area contributed by atoms with E-state index >= 15 is 0 Å². The van der Waals surface area contributed by atoms with Crippen LogP contribution in [0.3, 0.4) is 0 Å². The van der Waals surface area contributed by atoms with Crippen molar-refractivity contribution >= 4 is 18.1 Å². The van der Waals surface area contributed by atoms with Crippen molar-refractivity contribution < 1.29 is 31.9 Å². The Balaban J connectivity index is 0.000000505. The lowest BCUT2D eigenvalue weighted by atomic mass is 9.95. The third-order valence-electron chi connectivity index (χ3n) is 6.46. The molecule has 2 aromatic heterocycles. The van der Waals surface area contributed by atoms with Gasteiger partial charge in [0, 0.05) is 53.3 Å². The minimum Gasteiger partial charge on any atom is -0.358 e. The lowest BCUT2D eigenvalue weighted by Gasteiger charge is -2.22. The summed E-state index contributed by atoms with van der Waals surface area (Å²) in [5.74, 6) is -0.813. The molecule has 1 aliphatic carbocycles. The number of hydrogen-bond donors (Lipinski definition) is 3. The number of alkyl halides is 3. The van der Waals surface area contributed by atoms with Gasteiger partial charge in [-0.15, -0.1) is 0 Å². The van der Waals surface area contributed by atoms with Crippen molar-refractivity contribution in [3.05, 3.63) is 65.2 Å². The van der Waals surface area contributed by atoms with Gasteiger partial charge in [0.05, 0.1) is 11.3 Å². The second kappa shape index (κ2) is 11.6. The predicted molar refractivity (Wildman–Crippen MR) is 132 cm³/mol. The van der Waals surface area contributed by atoms with Gasteiger partial charge in [-0.3, -0.25) is 19.4 Å². The quantitative estimate of drug-likeness (QED) is 0.327. The highest BCUT2D eigenvalue weighted by Crippen LogP contribution is 2.29. The number of carbonyl (C=O) groups excluding carboxylic acids is 3. The molecule has 1 aromatic carbocycles. The van der Waals surface area contributed by atoms with E-state index in [1.165, 1.54) is 12.5 Å². The Bertz CT molecular complexity index is 1330. The first-order valence-corrected chi connectivity index (χ1v) is 12.2. The summed E-state index contributed by atoms with van der Waals surface area (Å²) in [5.41, 5.74) is 4.27. The Morgan fingerprint density at radius 3 is 2.45 bits per heavy atom. The Labute approximate surface area is 216 Å². The Morgan fingerprint density at radius 1 is 1.05 bits per heavy atom. The number of amides is 2. The van der Waals surface area contributed by atoms with Crippen molar-refractivity contribution in [3.63, 3.8) is 0 Å². The molecule has 0 unspecified atom stereocenters.